The minimum Gasteiger partial charge on any atom is -0.396 e. The second-order valence-corrected chi connectivity index (χ2v) is 4.12. The summed E-state index contributed by atoms with van der Waals surface area (Å²) in [6.45, 7) is 2.62. The number of hydrogen-bond donors (Lipinski definition) is 1. The highest BCUT2D eigenvalue weighted by atomic mass is 35.5. The second-order valence-electron chi connectivity index (χ2n) is 3.74. The molecule has 0 saturated carbocycles. The molecule has 2 nitrogen and oxygen atoms in total. The molecule has 1 aliphatic rings. The van der Waals surface area contributed by atoms with E-state index in [1.165, 1.54) is 25.8 Å². The van der Waals surface area contributed by atoms with Crippen LogP contribution in [0.2, 0.25) is 0 Å². The molecule has 0 spiro atoms. The Morgan fingerprint density at radius 3 is 2.92 bits per heavy atom. The van der Waals surface area contributed by atoms with Gasteiger partial charge in [0.15, 0.2) is 0 Å². The number of rotatable bonds is 5. The molecule has 1 atom stereocenters. The van der Waals surface area contributed by atoms with Crippen molar-refractivity contribution in [3.63, 3.8) is 0 Å². The molecular formula is C10H20ClNO. The van der Waals surface area contributed by atoms with Crippen LogP contribution in [0.4, 0.5) is 0 Å². The summed E-state index contributed by atoms with van der Waals surface area (Å²) in [4.78, 5) is 2.49. The zero-order chi connectivity index (χ0) is 9.52. The summed E-state index contributed by atoms with van der Waals surface area (Å²) in [6.07, 6.45) is 5.89. The minimum absolute atomic E-state index is 0.321. The van der Waals surface area contributed by atoms with Crippen LogP contribution in [0.5, 0.6) is 0 Å². The molecule has 3 heteroatoms. The van der Waals surface area contributed by atoms with Gasteiger partial charge in [0.05, 0.1) is 0 Å². The van der Waals surface area contributed by atoms with Gasteiger partial charge in [0.1, 0.15) is 0 Å². The lowest BCUT2D eigenvalue weighted by molar-refractivity contribution is 0.120. The fourth-order valence-electron chi connectivity index (χ4n) is 2.09. The lowest BCUT2D eigenvalue weighted by Gasteiger charge is -2.35. The van der Waals surface area contributed by atoms with Crippen molar-refractivity contribution in [2.75, 3.05) is 25.6 Å². The number of likely N-dealkylation sites (tertiary alicyclic amines) is 1. The van der Waals surface area contributed by atoms with Crippen molar-refractivity contribution < 1.29 is 5.11 Å². The Balaban J connectivity index is 2.28. The van der Waals surface area contributed by atoms with E-state index in [1.54, 1.807) is 0 Å². The van der Waals surface area contributed by atoms with Crippen LogP contribution in [0.1, 0.15) is 32.1 Å². The molecule has 0 amide bonds. The molecule has 0 aromatic heterocycles. The topological polar surface area (TPSA) is 23.5 Å². The van der Waals surface area contributed by atoms with Gasteiger partial charge < -0.3 is 10.0 Å². The Kier molecular flexibility index (Phi) is 5.76. The molecule has 0 radical (unpaired) electrons. The van der Waals surface area contributed by atoms with E-state index in [0.717, 1.165) is 25.3 Å². The van der Waals surface area contributed by atoms with Gasteiger partial charge in [-0.05, 0) is 38.8 Å². The highest BCUT2D eigenvalue weighted by Gasteiger charge is 2.20. The van der Waals surface area contributed by atoms with E-state index >= 15 is 0 Å². The van der Waals surface area contributed by atoms with Crippen LogP contribution in [-0.2, 0) is 0 Å². The maximum absolute atomic E-state index is 8.91. The highest BCUT2D eigenvalue weighted by molar-refractivity contribution is 6.17. The molecule has 0 aromatic rings. The molecule has 1 aliphatic heterocycles. The molecule has 1 unspecified atom stereocenters. The average molecular weight is 206 g/mol. The molecule has 1 saturated heterocycles. The number of aliphatic hydroxyl groups excluding tert-OH is 1. The number of aliphatic hydroxyl groups is 1. The first-order chi connectivity index (χ1) is 6.38. The predicted molar refractivity (Wildman–Crippen MR) is 56.3 cm³/mol. The van der Waals surface area contributed by atoms with Crippen LogP contribution in [-0.4, -0.2) is 41.6 Å². The van der Waals surface area contributed by atoms with Crippen molar-refractivity contribution in [2.45, 2.75) is 38.1 Å². The molecule has 1 N–H and O–H groups in total. The number of halogens is 1. The summed E-state index contributed by atoms with van der Waals surface area (Å²) in [5.74, 6) is 0.752. The lowest BCUT2D eigenvalue weighted by Crippen LogP contribution is -2.40. The summed E-state index contributed by atoms with van der Waals surface area (Å²) in [5, 5.41) is 8.91. The van der Waals surface area contributed by atoms with E-state index in [0.29, 0.717) is 12.6 Å². The van der Waals surface area contributed by atoms with Gasteiger partial charge in [0.25, 0.3) is 0 Å². The van der Waals surface area contributed by atoms with Crippen molar-refractivity contribution >= 4 is 11.6 Å². The van der Waals surface area contributed by atoms with E-state index < -0.39 is 0 Å². The molecule has 0 aliphatic carbocycles. The number of nitrogens with zero attached hydrogens (tertiary/aromatic N) is 1. The number of hydrogen-bond acceptors (Lipinski definition) is 2. The number of alkyl halides is 1. The monoisotopic (exact) mass is 205 g/mol. The summed E-state index contributed by atoms with van der Waals surface area (Å²) in [5.41, 5.74) is 0. The van der Waals surface area contributed by atoms with Crippen LogP contribution < -0.4 is 0 Å². The summed E-state index contributed by atoms with van der Waals surface area (Å²) >= 11 is 5.67. The zero-order valence-corrected chi connectivity index (χ0v) is 8.97. The fourth-order valence-corrected chi connectivity index (χ4v) is 2.21. The minimum atomic E-state index is 0.321. The van der Waals surface area contributed by atoms with Crippen LogP contribution in [0, 0.1) is 0 Å². The van der Waals surface area contributed by atoms with E-state index in [-0.39, 0.29) is 0 Å². The molecule has 13 heavy (non-hydrogen) atoms. The van der Waals surface area contributed by atoms with E-state index in [4.69, 9.17) is 16.7 Å². The smallest absolute Gasteiger partial charge is 0.0445 e. The highest BCUT2D eigenvalue weighted by Crippen LogP contribution is 2.19. The van der Waals surface area contributed by atoms with Gasteiger partial charge in [-0.25, -0.2) is 0 Å². The predicted octanol–water partition coefficient (Wildman–Crippen LogP) is 1.85. The van der Waals surface area contributed by atoms with Crippen molar-refractivity contribution in [3.05, 3.63) is 0 Å². The van der Waals surface area contributed by atoms with Crippen LogP contribution in [0.3, 0.4) is 0 Å². The zero-order valence-electron chi connectivity index (χ0n) is 8.21. The lowest BCUT2D eigenvalue weighted by atomic mass is 9.99. The Labute approximate surface area is 85.9 Å². The molecule has 1 heterocycles. The third-order valence-electron chi connectivity index (χ3n) is 2.79. The van der Waals surface area contributed by atoms with Crippen LogP contribution in [0.25, 0.3) is 0 Å². The van der Waals surface area contributed by atoms with Crippen molar-refractivity contribution in [3.8, 4) is 0 Å². The maximum Gasteiger partial charge on any atom is 0.0445 e. The molecule has 0 bridgehead atoms. The quantitative estimate of drug-likeness (QED) is 0.693. The molecule has 1 fully saturated rings. The second kappa shape index (κ2) is 6.63. The fraction of sp³-hybridized carbons (Fsp3) is 1.00. The SMILES string of the molecule is OCCC1CCCCN1CCCCl. The number of piperidine rings is 1. The van der Waals surface area contributed by atoms with Crippen molar-refractivity contribution in [1.29, 1.82) is 0 Å². The normalized spacial score (nSPS) is 24.9. The average Bonchev–Trinajstić information content (AvgIpc) is 2.17. The van der Waals surface area contributed by atoms with Gasteiger partial charge in [0, 0.05) is 18.5 Å². The van der Waals surface area contributed by atoms with Gasteiger partial charge in [-0.2, -0.15) is 0 Å². The molecular weight excluding hydrogens is 186 g/mol. The maximum atomic E-state index is 8.91. The van der Waals surface area contributed by atoms with E-state index in [1.807, 2.05) is 0 Å². The molecule has 78 valence electrons. The van der Waals surface area contributed by atoms with E-state index in [9.17, 15) is 0 Å². The van der Waals surface area contributed by atoms with Gasteiger partial charge in [-0.15, -0.1) is 11.6 Å². The first-order valence-electron chi connectivity index (χ1n) is 5.29. The Morgan fingerprint density at radius 2 is 2.23 bits per heavy atom. The third kappa shape index (κ3) is 3.84. The molecule has 0 aromatic carbocycles. The van der Waals surface area contributed by atoms with E-state index in [2.05, 4.69) is 4.90 Å². The largest absolute Gasteiger partial charge is 0.396 e. The third-order valence-corrected chi connectivity index (χ3v) is 3.06. The first kappa shape index (κ1) is 11.3. The van der Waals surface area contributed by atoms with Crippen LogP contribution >= 0.6 is 11.6 Å². The summed E-state index contributed by atoms with van der Waals surface area (Å²) in [7, 11) is 0. The first-order valence-corrected chi connectivity index (χ1v) is 5.83. The standard InChI is InChI=1S/C10H20ClNO/c11-6-3-8-12-7-2-1-4-10(12)5-9-13/h10,13H,1-9H2. The Morgan fingerprint density at radius 1 is 1.38 bits per heavy atom. The Hall–Kier alpha value is 0.210. The van der Waals surface area contributed by atoms with Crippen molar-refractivity contribution in [2.24, 2.45) is 0 Å². The van der Waals surface area contributed by atoms with Crippen LogP contribution in [0.15, 0.2) is 0 Å². The summed E-state index contributed by atoms with van der Waals surface area (Å²) in [6, 6.07) is 0.613. The van der Waals surface area contributed by atoms with Gasteiger partial charge in [-0.3, -0.25) is 0 Å². The Bertz CT molecular complexity index is 130. The van der Waals surface area contributed by atoms with Gasteiger partial charge in [0.2, 0.25) is 0 Å². The van der Waals surface area contributed by atoms with Crippen molar-refractivity contribution in [1.82, 2.24) is 4.90 Å². The van der Waals surface area contributed by atoms with Gasteiger partial charge in [-0.1, -0.05) is 6.42 Å². The summed E-state index contributed by atoms with van der Waals surface area (Å²) < 4.78 is 0. The molecule has 1 rings (SSSR count). The van der Waals surface area contributed by atoms with Gasteiger partial charge >= 0.3 is 0 Å².